The van der Waals surface area contributed by atoms with Crippen molar-refractivity contribution >= 4 is 0 Å². The second-order valence-electron chi connectivity index (χ2n) is 4.69. The Morgan fingerprint density at radius 2 is 1.62 bits per heavy atom. The number of hydrogen-bond donors (Lipinski definition) is 0. The summed E-state index contributed by atoms with van der Waals surface area (Å²) in [5.41, 5.74) is 0. The van der Waals surface area contributed by atoms with E-state index in [9.17, 15) is 0 Å². The normalized spacial score (nSPS) is 30.6. The van der Waals surface area contributed by atoms with Crippen molar-refractivity contribution in [3.05, 3.63) is 0 Å². The molecule has 1 aliphatic rings. The zero-order valence-corrected chi connectivity index (χ0v) is 8.92. The summed E-state index contributed by atoms with van der Waals surface area (Å²) in [5.74, 6) is 2.10. The predicted octanol–water partition coefficient (Wildman–Crippen LogP) is 3.75. The highest BCUT2D eigenvalue weighted by Gasteiger charge is 2.18. The van der Waals surface area contributed by atoms with Gasteiger partial charge in [0.25, 0.3) is 0 Å². The number of hydrogen-bond acceptors (Lipinski definition) is 1. The maximum absolute atomic E-state index is 8.83. The van der Waals surface area contributed by atoms with Gasteiger partial charge in [-0.25, -0.2) is 0 Å². The van der Waals surface area contributed by atoms with Crippen LogP contribution in [0, 0.1) is 29.1 Å². The molecule has 1 nitrogen and oxygen atoms in total. The molecule has 0 radical (unpaired) electrons. The molecule has 0 aromatic rings. The molecule has 74 valence electrons. The SMILES string of the molecule is CC(C)C1CCCC(C#N)CCC1. The second kappa shape index (κ2) is 5.27. The summed E-state index contributed by atoms with van der Waals surface area (Å²) in [6.07, 6.45) is 7.49. The fraction of sp³-hybridized carbons (Fsp3) is 0.917. The summed E-state index contributed by atoms with van der Waals surface area (Å²) in [6, 6.07) is 2.42. The summed E-state index contributed by atoms with van der Waals surface area (Å²) >= 11 is 0. The van der Waals surface area contributed by atoms with Crippen LogP contribution in [0.4, 0.5) is 0 Å². The van der Waals surface area contributed by atoms with Gasteiger partial charge in [0.1, 0.15) is 0 Å². The van der Waals surface area contributed by atoms with Gasteiger partial charge in [0.05, 0.1) is 6.07 Å². The molecule has 0 saturated heterocycles. The van der Waals surface area contributed by atoms with E-state index in [1.54, 1.807) is 0 Å². The first-order valence-electron chi connectivity index (χ1n) is 5.63. The Kier molecular flexibility index (Phi) is 4.28. The molecule has 0 bridgehead atoms. The first-order chi connectivity index (χ1) is 6.24. The Morgan fingerprint density at radius 1 is 1.08 bits per heavy atom. The van der Waals surface area contributed by atoms with Gasteiger partial charge in [-0.05, 0) is 24.7 Å². The minimum absolute atomic E-state index is 0.355. The summed E-state index contributed by atoms with van der Waals surface area (Å²) in [5, 5.41) is 8.83. The molecule has 1 fully saturated rings. The Balaban J connectivity index is 2.35. The maximum Gasteiger partial charge on any atom is 0.0655 e. The molecule has 13 heavy (non-hydrogen) atoms. The average Bonchev–Trinajstić information content (AvgIpc) is 2.03. The highest BCUT2D eigenvalue weighted by molar-refractivity contribution is 4.84. The molecule has 0 atom stereocenters. The summed E-state index contributed by atoms with van der Waals surface area (Å²) in [6.45, 7) is 4.65. The average molecular weight is 179 g/mol. The lowest BCUT2D eigenvalue weighted by atomic mass is 9.81. The van der Waals surface area contributed by atoms with E-state index in [4.69, 9.17) is 5.26 Å². The van der Waals surface area contributed by atoms with E-state index < -0.39 is 0 Å². The highest BCUT2D eigenvalue weighted by atomic mass is 14.3. The van der Waals surface area contributed by atoms with Crippen LogP contribution >= 0.6 is 0 Å². The van der Waals surface area contributed by atoms with Gasteiger partial charge in [0.2, 0.25) is 0 Å². The molecule has 1 aliphatic carbocycles. The van der Waals surface area contributed by atoms with Gasteiger partial charge in [-0.3, -0.25) is 0 Å². The van der Waals surface area contributed by atoms with E-state index in [0.29, 0.717) is 5.92 Å². The lowest BCUT2D eigenvalue weighted by molar-refractivity contribution is 0.283. The van der Waals surface area contributed by atoms with Crippen LogP contribution < -0.4 is 0 Å². The monoisotopic (exact) mass is 179 g/mol. The topological polar surface area (TPSA) is 23.8 Å². The number of nitrogens with zero attached hydrogens (tertiary/aromatic N) is 1. The van der Waals surface area contributed by atoms with Crippen LogP contribution in [0.15, 0.2) is 0 Å². The largest absolute Gasteiger partial charge is 0.198 e. The summed E-state index contributed by atoms with van der Waals surface area (Å²) in [4.78, 5) is 0. The van der Waals surface area contributed by atoms with E-state index in [1.807, 2.05) is 0 Å². The van der Waals surface area contributed by atoms with Crippen molar-refractivity contribution in [2.75, 3.05) is 0 Å². The van der Waals surface area contributed by atoms with Gasteiger partial charge in [-0.2, -0.15) is 5.26 Å². The van der Waals surface area contributed by atoms with E-state index >= 15 is 0 Å². The Labute approximate surface area is 82.1 Å². The van der Waals surface area contributed by atoms with Crippen LogP contribution in [0.25, 0.3) is 0 Å². The summed E-state index contributed by atoms with van der Waals surface area (Å²) in [7, 11) is 0. The van der Waals surface area contributed by atoms with Gasteiger partial charge in [0.15, 0.2) is 0 Å². The molecule has 0 spiro atoms. The molecular formula is C12H21N. The van der Waals surface area contributed by atoms with Crippen molar-refractivity contribution in [1.29, 1.82) is 5.26 Å². The maximum atomic E-state index is 8.83. The third-order valence-electron chi connectivity index (χ3n) is 3.38. The summed E-state index contributed by atoms with van der Waals surface area (Å²) < 4.78 is 0. The zero-order chi connectivity index (χ0) is 9.68. The van der Waals surface area contributed by atoms with E-state index in [2.05, 4.69) is 19.9 Å². The standard InChI is InChI=1S/C12H21N/c1-10(2)12-7-3-5-11(9-13)6-4-8-12/h10-12H,3-8H2,1-2H3. The van der Waals surface area contributed by atoms with Crippen LogP contribution in [-0.4, -0.2) is 0 Å². The smallest absolute Gasteiger partial charge is 0.0655 e. The Bertz CT molecular complexity index is 168. The quantitative estimate of drug-likeness (QED) is 0.601. The van der Waals surface area contributed by atoms with E-state index in [0.717, 1.165) is 24.7 Å². The first kappa shape index (κ1) is 10.6. The van der Waals surface area contributed by atoms with Gasteiger partial charge in [-0.15, -0.1) is 0 Å². The molecule has 1 saturated carbocycles. The van der Waals surface area contributed by atoms with Gasteiger partial charge in [0, 0.05) is 5.92 Å². The molecule has 0 aromatic heterocycles. The molecule has 0 N–H and O–H groups in total. The number of nitriles is 1. The molecule has 0 aromatic carbocycles. The third kappa shape index (κ3) is 3.38. The highest BCUT2D eigenvalue weighted by Crippen LogP contribution is 2.29. The van der Waals surface area contributed by atoms with Crippen molar-refractivity contribution in [2.45, 2.75) is 52.4 Å². The van der Waals surface area contributed by atoms with Crippen molar-refractivity contribution in [2.24, 2.45) is 17.8 Å². The van der Waals surface area contributed by atoms with Crippen LogP contribution in [-0.2, 0) is 0 Å². The Morgan fingerprint density at radius 3 is 2.00 bits per heavy atom. The fourth-order valence-corrected chi connectivity index (χ4v) is 2.34. The Hall–Kier alpha value is -0.510. The van der Waals surface area contributed by atoms with Crippen LogP contribution in [0.1, 0.15) is 52.4 Å². The van der Waals surface area contributed by atoms with E-state index in [-0.39, 0.29) is 0 Å². The van der Waals surface area contributed by atoms with Crippen molar-refractivity contribution < 1.29 is 0 Å². The van der Waals surface area contributed by atoms with Gasteiger partial charge >= 0.3 is 0 Å². The second-order valence-corrected chi connectivity index (χ2v) is 4.69. The lowest BCUT2D eigenvalue weighted by Gasteiger charge is -2.24. The van der Waals surface area contributed by atoms with Crippen molar-refractivity contribution in [1.82, 2.24) is 0 Å². The van der Waals surface area contributed by atoms with E-state index in [1.165, 1.54) is 25.7 Å². The fourth-order valence-electron chi connectivity index (χ4n) is 2.34. The van der Waals surface area contributed by atoms with Gasteiger partial charge < -0.3 is 0 Å². The molecule has 0 heterocycles. The predicted molar refractivity (Wildman–Crippen MR) is 55.1 cm³/mol. The number of rotatable bonds is 1. The molecule has 1 heteroatoms. The van der Waals surface area contributed by atoms with Crippen LogP contribution in [0.5, 0.6) is 0 Å². The van der Waals surface area contributed by atoms with Gasteiger partial charge in [-0.1, -0.05) is 39.5 Å². The van der Waals surface area contributed by atoms with Crippen LogP contribution in [0.3, 0.4) is 0 Å². The molecule has 0 amide bonds. The zero-order valence-electron chi connectivity index (χ0n) is 8.92. The van der Waals surface area contributed by atoms with Crippen LogP contribution in [0.2, 0.25) is 0 Å². The van der Waals surface area contributed by atoms with Crippen molar-refractivity contribution in [3.63, 3.8) is 0 Å². The molecule has 1 rings (SSSR count). The molecular weight excluding hydrogens is 158 g/mol. The first-order valence-corrected chi connectivity index (χ1v) is 5.63. The molecule has 0 aliphatic heterocycles. The molecule has 0 unspecified atom stereocenters. The minimum Gasteiger partial charge on any atom is -0.198 e. The lowest BCUT2D eigenvalue weighted by Crippen LogP contribution is -2.13. The third-order valence-corrected chi connectivity index (χ3v) is 3.38. The minimum atomic E-state index is 0.355. The van der Waals surface area contributed by atoms with Crippen molar-refractivity contribution in [3.8, 4) is 6.07 Å².